The van der Waals surface area contributed by atoms with Gasteiger partial charge in [-0.1, -0.05) is 158 Å². The van der Waals surface area contributed by atoms with Gasteiger partial charge in [0.2, 0.25) is 0 Å². The number of hydrogen-bond acceptors (Lipinski definition) is 1. The fraction of sp³-hybridized carbons (Fsp3) is 0. The summed E-state index contributed by atoms with van der Waals surface area (Å²) in [4.78, 5) is 0. The number of aromatic nitrogens is 2. The average Bonchev–Trinajstić information content (AvgIpc) is 4.02. The monoisotopic (exact) mass is 802 g/mol. The first-order valence-corrected chi connectivity index (χ1v) is 21.6. The molecule has 0 aliphatic carbocycles. The summed E-state index contributed by atoms with van der Waals surface area (Å²) in [5, 5.41) is 7.13. The molecule has 13 rings (SSSR count). The van der Waals surface area contributed by atoms with Crippen molar-refractivity contribution in [2.75, 3.05) is 0 Å². The Labute approximate surface area is 363 Å². The molecule has 10 aromatic carbocycles. The first-order chi connectivity index (χ1) is 31.2. The van der Waals surface area contributed by atoms with Gasteiger partial charge < -0.3 is 13.6 Å². The third kappa shape index (κ3) is 5.67. The Kier molecular flexibility index (Phi) is 7.91. The van der Waals surface area contributed by atoms with E-state index >= 15 is 0 Å². The highest BCUT2D eigenvalue weighted by Crippen LogP contribution is 2.42. The Morgan fingerprint density at radius 3 is 1.48 bits per heavy atom. The van der Waals surface area contributed by atoms with E-state index in [9.17, 15) is 0 Å². The molecule has 0 amide bonds. The van der Waals surface area contributed by atoms with Gasteiger partial charge in [-0.25, -0.2) is 0 Å². The molecule has 0 N–H and O–H groups in total. The Bertz CT molecular complexity index is 3890. The molecule has 0 atom stereocenters. The number of benzene rings is 10. The van der Waals surface area contributed by atoms with E-state index in [1.807, 2.05) is 6.07 Å². The first-order valence-electron chi connectivity index (χ1n) is 21.6. The van der Waals surface area contributed by atoms with Crippen LogP contribution in [-0.4, -0.2) is 9.13 Å². The zero-order chi connectivity index (χ0) is 41.4. The Morgan fingerprint density at radius 2 is 0.746 bits per heavy atom. The number of nitrogens with zero attached hydrogens (tertiary/aromatic N) is 2. The van der Waals surface area contributed by atoms with Gasteiger partial charge in [-0.2, -0.15) is 0 Å². The summed E-state index contributed by atoms with van der Waals surface area (Å²) in [6.45, 7) is 0. The fourth-order valence-corrected chi connectivity index (χ4v) is 9.94. The van der Waals surface area contributed by atoms with Crippen LogP contribution in [0.5, 0.6) is 0 Å². The molecule has 0 bridgehead atoms. The number of fused-ring (bicyclic) bond motifs is 9. The van der Waals surface area contributed by atoms with Gasteiger partial charge in [-0.05, 0) is 117 Å². The van der Waals surface area contributed by atoms with Gasteiger partial charge >= 0.3 is 0 Å². The summed E-state index contributed by atoms with van der Waals surface area (Å²) in [7, 11) is 0. The van der Waals surface area contributed by atoms with Gasteiger partial charge in [0.05, 0.1) is 27.8 Å². The van der Waals surface area contributed by atoms with Crippen molar-refractivity contribution < 1.29 is 4.42 Å². The average molecular weight is 803 g/mol. The van der Waals surface area contributed by atoms with Crippen LogP contribution >= 0.6 is 0 Å². The van der Waals surface area contributed by atoms with E-state index in [1.54, 1.807) is 0 Å². The van der Waals surface area contributed by atoms with E-state index in [1.165, 1.54) is 66.0 Å². The van der Waals surface area contributed by atoms with Crippen LogP contribution in [0.3, 0.4) is 0 Å². The lowest BCUT2D eigenvalue weighted by molar-refractivity contribution is 0.666. The summed E-state index contributed by atoms with van der Waals surface area (Å²) < 4.78 is 11.4. The Hall–Kier alpha value is -8.40. The van der Waals surface area contributed by atoms with E-state index in [0.29, 0.717) is 0 Å². The van der Waals surface area contributed by atoms with E-state index < -0.39 is 0 Å². The van der Waals surface area contributed by atoms with E-state index in [0.717, 1.165) is 55.5 Å². The maximum atomic E-state index is 6.63. The molecule has 0 saturated carbocycles. The predicted molar refractivity (Wildman–Crippen MR) is 264 cm³/mol. The summed E-state index contributed by atoms with van der Waals surface area (Å²) >= 11 is 0. The van der Waals surface area contributed by atoms with Crippen molar-refractivity contribution >= 4 is 65.6 Å². The normalized spacial score (nSPS) is 11.8. The largest absolute Gasteiger partial charge is 0.454 e. The van der Waals surface area contributed by atoms with E-state index in [4.69, 9.17) is 4.42 Å². The van der Waals surface area contributed by atoms with Crippen LogP contribution in [-0.2, 0) is 0 Å². The van der Waals surface area contributed by atoms with E-state index in [-0.39, 0.29) is 0 Å². The maximum absolute atomic E-state index is 6.63. The third-order valence-electron chi connectivity index (χ3n) is 12.9. The smallest absolute Gasteiger partial charge is 0.159 e. The molecule has 0 spiro atoms. The van der Waals surface area contributed by atoms with Crippen LogP contribution in [0, 0.1) is 0 Å². The standard InChI is InChI=1S/C60H38N2O/c1-3-14-39(15-4-1)41-26-30-47(31-27-41)61-54-22-10-8-19-49(54)53-37-42(29-33-56(53)61)45-34-44(40-16-5-2-6-17-40)35-46(36-45)43-28-32-50-48-18-7-11-23-55(48)62(58(50)38-43)57-24-13-21-52-51-20-9-12-25-59(51)63-60(52)57/h1-38H. The number of hydrogen-bond donors (Lipinski definition) is 0. The van der Waals surface area contributed by atoms with Crippen LogP contribution in [0.4, 0.5) is 0 Å². The second kappa shape index (κ2) is 14.1. The minimum absolute atomic E-state index is 0.890. The fourth-order valence-electron chi connectivity index (χ4n) is 9.94. The molecule has 0 aliphatic rings. The molecule has 3 nitrogen and oxygen atoms in total. The minimum atomic E-state index is 0.890. The van der Waals surface area contributed by atoms with Crippen molar-refractivity contribution in [3.05, 3.63) is 231 Å². The molecule has 3 heteroatoms. The molecule has 63 heavy (non-hydrogen) atoms. The summed E-state index contributed by atoms with van der Waals surface area (Å²) in [5.74, 6) is 0. The zero-order valence-corrected chi connectivity index (χ0v) is 34.2. The van der Waals surface area contributed by atoms with Gasteiger partial charge in [0.25, 0.3) is 0 Å². The molecule has 3 heterocycles. The lowest BCUT2D eigenvalue weighted by Gasteiger charge is -2.13. The van der Waals surface area contributed by atoms with E-state index in [2.05, 4.69) is 234 Å². The summed E-state index contributed by atoms with van der Waals surface area (Å²) in [6.07, 6.45) is 0. The topological polar surface area (TPSA) is 23.0 Å². The zero-order valence-electron chi connectivity index (χ0n) is 34.2. The number of rotatable bonds is 6. The Balaban J connectivity index is 0.989. The first kappa shape index (κ1) is 35.4. The molecule has 0 unspecified atom stereocenters. The molecule has 0 radical (unpaired) electrons. The maximum Gasteiger partial charge on any atom is 0.159 e. The molecule has 0 fully saturated rings. The van der Waals surface area contributed by atoms with Crippen molar-refractivity contribution in [1.29, 1.82) is 0 Å². The molecule has 294 valence electrons. The van der Waals surface area contributed by atoms with Crippen molar-refractivity contribution in [2.45, 2.75) is 0 Å². The van der Waals surface area contributed by atoms with Gasteiger partial charge in [-0.15, -0.1) is 0 Å². The third-order valence-corrected chi connectivity index (χ3v) is 12.9. The highest BCUT2D eigenvalue weighted by Gasteiger charge is 2.19. The van der Waals surface area contributed by atoms with Crippen LogP contribution in [0.1, 0.15) is 0 Å². The molecular formula is C60H38N2O. The van der Waals surface area contributed by atoms with Crippen molar-refractivity contribution in [3.8, 4) is 55.9 Å². The summed E-state index contributed by atoms with van der Waals surface area (Å²) in [5.41, 5.74) is 18.1. The highest BCUT2D eigenvalue weighted by molar-refractivity contribution is 6.14. The molecular weight excluding hydrogens is 765 g/mol. The Morgan fingerprint density at radius 1 is 0.254 bits per heavy atom. The van der Waals surface area contributed by atoms with Crippen LogP contribution < -0.4 is 0 Å². The molecule has 3 aromatic heterocycles. The lowest BCUT2D eigenvalue weighted by atomic mass is 9.92. The quantitative estimate of drug-likeness (QED) is 0.164. The van der Waals surface area contributed by atoms with Gasteiger partial charge in [0.1, 0.15) is 5.58 Å². The summed E-state index contributed by atoms with van der Waals surface area (Å²) in [6, 6.07) is 83.5. The minimum Gasteiger partial charge on any atom is -0.454 e. The van der Waals surface area contributed by atoms with Crippen LogP contribution in [0.25, 0.3) is 121 Å². The van der Waals surface area contributed by atoms with Crippen LogP contribution in [0.15, 0.2) is 235 Å². The number of furan rings is 1. The van der Waals surface area contributed by atoms with Crippen molar-refractivity contribution in [1.82, 2.24) is 9.13 Å². The lowest BCUT2D eigenvalue weighted by Crippen LogP contribution is -1.94. The van der Waals surface area contributed by atoms with Gasteiger partial charge in [0, 0.05) is 38.0 Å². The molecule has 0 aliphatic heterocycles. The number of para-hydroxylation sites is 4. The second-order valence-corrected chi connectivity index (χ2v) is 16.5. The highest BCUT2D eigenvalue weighted by atomic mass is 16.3. The SMILES string of the molecule is c1ccc(-c2ccc(-n3c4ccccc4c4cc(-c5cc(-c6ccccc6)cc(-c6ccc7c8ccccc8n(-c8cccc9c8oc8ccccc89)c7c6)c5)ccc43)cc2)cc1. The second-order valence-electron chi connectivity index (χ2n) is 16.5. The molecule has 0 saturated heterocycles. The van der Waals surface area contributed by atoms with Crippen molar-refractivity contribution in [2.24, 2.45) is 0 Å². The predicted octanol–water partition coefficient (Wildman–Crippen LogP) is 16.4. The van der Waals surface area contributed by atoms with Crippen molar-refractivity contribution in [3.63, 3.8) is 0 Å². The van der Waals surface area contributed by atoms with Gasteiger partial charge in [-0.3, -0.25) is 0 Å². The van der Waals surface area contributed by atoms with Gasteiger partial charge in [0.15, 0.2) is 5.58 Å². The van der Waals surface area contributed by atoms with Crippen LogP contribution in [0.2, 0.25) is 0 Å². The molecule has 13 aromatic rings.